The normalized spacial score (nSPS) is 10.8. The number of likely N-dealkylation sites (N-methyl/N-ethyl adjacent to an activating group) is 1. The van der Waals surface area contributed by atoms with Gasteiger partial charge in [0.15, 0.2) is 12.5 Å². The van der Waals surface area contributed by atoms with E-state index in [1.165, 1.54) is 5.56 Å². The zero-order chi connectivity index (χ0) is 21.1. The Hall–Kier alpha value is -2.30. The van der Waals surface area contributed by atoms with Gasteiger partial charge in [0.25, 0.3) is 5.91 Å². The molecule has 0 saturated heterocycles. The van der Waals surface area contributed by atoms with E-state index in [0.29, 0.717) is 24.3 Å². The van der Waals surface area contributed by atoms with Crippen LogP contribution >= 0.6 is 0 Å². The summed E-state index contributed by atoms with van der Waals surface area (Å²) in [6, 6.07) is 7.85. The van der Waals surface area contributed by atoms with Crippen LogP contribution in [0.5, 0.6) is 5.75 Å². The molecule has 0 spiro atoms. The van der Waals surface area contributed by atoms with E-state index in [0.717, 1.165) is 23.8 Å². The number of carbonyl (C=O) groups is 1. The van der Waals surface area contributed by atoms with E-state index >= 15 is 0 Å². The molecule has 1 amide bonds. The summed E-state index contributed by atoms with van der Waals surface area (Å²) < 4.78 is 10.9. The fourth-order valence-electron chi connectivity index (χ4n) is 2.38. The van der Waals surface area contributed by atoms with Crippen LogP contribution in [0.25, 0.3) is 0 Å². The van der Waals surface area contributed by atoms with Gasteiger partial charge in [-0.25, -0.2) is 4.98 Å². The fourth-order valence-corrected chi connectivity index (χ4v) is 2.38. The van der Waals surface area contributed by atoms with Gasteiger partial charge >= 0.3 is 0 Å². The molecule has 0 unspecified atom stereocenters. The quantitative estimate of drug-likeness (QED) is 0.664. The molecule has 1 N–H and O–H groups in total. The maximum absolute atomic E-state index is 11.2. The van der Waals surface area contributed by atoms with Gasteiger partial charge in [0.05, 0.1) is 6.20 Å². The molecule has 5 nitrogen and oxygen atoms in total. The van der Waals surface area contributed by atoms with Crippen molar-refractivity contribution in [2.45, 2.75) is 66.7 Å². The van der Waals surface area contributed by atoms with Gasteiger partial charge in [-0.15, -0.1) is 0 Å². The molecule has 0 fully saturated rings. The van der Waals surface area contributed by atoms with Gasteiger partial charge in [-0.05, 0) is 36.5 Å². The molecule has 1 aromatic heterocycles. The summed E-state index contributed by atoms with van der Waals surface area (Å²) in [6.07, 6.45) is 2.77. The molecule has 0 aliphatic rings. The van der Waals surface area contributed by atoms with E-state index < -0.39 is 0 Å². The summed E-state index contributed by atoms with van der Waals surface area (Å²) in [7, 11) is 0. The molecule has 1 heterocycles. The second-order valence-corrected chi connectivity index (χ2v) is 7.87. The fraction of sp³-hybridized carbons (Fsp3) is 0.565. The van der Waals surface area contributed by atoms with Crippen molar-refractivity contribution < 1.29 is 13.9 Å². The van der Waals surface area contributed by atoms with Crippen LogP contribution in [0.4, 0.5) is 0 Å². The van der Waals surface area contributed by atoms with Crippen molar-refractivity contribution >= 4 is 5.91 Å². The van der Waals surface area contributed by atoms with E-state index in [1.54, 1.807) is 0 Å². The molecule has 0 atom stereocenters. The second-order valence-electron chi connectivity index (χ2n) is 7.87. The highest BCUT2D eigenvalue weighted by Gasteiger charge is 2.08. The number of benzene rings is 1. The summed E-state index contributed by atoms with van der Waals surface area (Å²) in [6.45, 7) is 15.4. The Balaban J connectivity index is 0.000000292. The molecule has 1 aromatic carbocycles. The molecule has 5 heteroatoms. The van der Waals surface area contributed by atoms with Crippen LogP contribution in [-0.2, 0) is 11.2 Å². The molecule has 0 saturated carbocycles. The van der Waals surface area contributed by atoms with Crippen molar-refractivity contribution in [2.75, 3.05) is 13.2 Å². The number of carbonyl (C=O) groups excluding carboxylic acids is 1. The van der Waals surface area contributed by atoms with E-state index in [-0.39, 0.29) is 12.5 Å². The van der Waals surface area contributed by atoms with Crippen molar-refractivity contribution in [3.63, 3.8) is 0 Å². The lowest BCUT2D eigenvalue weighted by Gasteiger charge is -2.08. The second kappa shape index (κ2) is 12.2. The van der Waals surface area contributed by atoms with Gasteiger partial charge in [-0.2, -0.15) is 0 Å². The minimum Gasteiger partial charge on any atom is -0.484 e. The van der Waals surface area contributed by atoms with Gasteiger partial charge in [-0.3, -0.25) is 4.79 Å². The van der Waals surface area contributed by atoms with Crippen LogP contribution in [0.2, 0.25) is 0 Å². The predicted octanol–water partition coefficient (Wildman–Crippen LogP) is 5.32. The maximum Gasteiger partial charge on any atom is 0.257 e. The van der Waals surface area contributed by atoms with Gasteiger partial charge in [0.2, 0.25) is 0 Å². The minimum absolute atomic E-state index is 0.0782. The summed E-state index contributed by atoms with van der Waals surface area (Å²) in [5, 5.41) is 2.68. The van der Waals surface area contributed by atoms with Crippen LogP contribution < -0.4 is 10.1 Å². The molecule has 0 bridgehead atoms. The Morgan fingerprint density at radius 3 is 2.18 bits per heavy atom. The minimum atomic E-state index is -0.0876. The van der Waals surface area contributed by atoms with Crippen molar-refractivity contribution in [1.29, 1.82) is 0 Å². The predicted molar refractivity (Wildman–Crippen MR) is 114 cm³/mol. The zero-order valence-corrected chi connectivity index (χ0v) is 18.4. The lowest BCUT2D eigenvalue weighted by atomic mass is 10.0. The molecule has 2 rings (SSSR count). The van der Waals surface area contributed by atoms with Crippen molar-refractivity contribution in [3.05, 3.63) is 47.7 Å². The number of hydrogen-bond acceptors (Lipinski definition) is 4. The van der Waals surface area contributed by atoms with Crippen molar-refractivity contribution in [1.82, 2.24) is 10.3 Å². The monoisotopic (exact) mass is 388 g/mol. The van der Waals surface area contributed by atoms with E-state index in [1.807, 2.05) is 37.4 Å². The molecular weight excluding hydrogens is 352 g/mol. The number of nitrogens with one attached hydrogen (secondary N) is 1. The van der Waals surface area contributed by atoms with Gasteiger partial charge in [0, 0.05) is 18.9 Å². The number of amides is 1. The lowest BCUT2D eigenvalue weighted by Crippen LogP contribution is -2.28. The van der Waals surface area contributed by atoms with Gasteiger partial charge in [-0.1, -0.05) is 53.7 Å². The smallest absolute Gasteiger partial charge is 0.257 e. The average molecular weight is 389 g/mol. The number of nitrogens with zero attached hydrogens (tertiary/aromatic N) is 1. The Labute approximate surface area is 169 Å². The van der Waals surface area contributed by atoms with Crippen LogP contribution in [0.3, 0.4) is 0 Å². The van der Waals surface area contributed by atoms with Gasteiger partial charge in [0.1, 0.15) is 11.5 Å². The first-order valence-corrected chi connectivity index (χ1v) is 10.2. The third-order valence-electron chi connectivity index (χ3n) is 4.01. The summed E-state index contributed by atoms with van der Waals surface area (Å²) in [4.78, 5) is 15.4. The van der Waals surface area contributed by atoms with E-state index in [2.05, 4.69) is 51.8 Å². The Morgan fingerprint density at radius 2 is 1.71 bits per heavy atom. The highest BCUT2D eigenvalue weighted by molar-refractivity contribution is 5.77. The van der Waals surface area contributed by atoms with Crippen LogP contribution in [0.15, 0.2) is 34.9 Å². The Morgan fingerprint density at radius 1 is 1.07 bits per heavy atom. The molecule has 28 heavy (non-hydrogen) atoms. The molecule has 2 aromatic rings. The maximum atomic E-state index is 11.2. The first-order chi connectivity index (χ1) is 13.2. The third kappa shape index (κ3) is 9.07. The number of oxazole rings is 1. The molecule has 0 radical (unpaired) electrons. The first-order valence-electron chi connectivity index (χ1n) is 10.2. The average Bonchev–Trinajstić information content (AvgIpc) is 3.09. The number of rotatable bonds is 8. The summed E-state index contributed by atoms with van der Waals surface area (Å²) in [5.41, 5.74) is 1.27. The largest absolute Gasteiger partial charge is 0.484 e. The van der Waals surface area contributed by atoms with Crippen molar-refractivity contribution in [2.24, 2.45) is 5.92 Å². The zero-order valence-electron chi connectivity index (χ0n) is 18.4. The highest BCUT2D eigenvalue weighted by atomic mass is 16.5. The van der Waals surface area contributed by atoms with Crippen molar-refractivity contribution in [3.8, 4) is 5.75 Å². The first kappa shape index (κ1) is 23.7. The van der Waals surface area contributed by atoms with Crippen LogP contribution in [0.1, 0.15) is 77.5 Å². The number of hydrogen-bond donors (Lipinski definition) is 1. The van der Waals surface area contributed by atoms with Gasteiger partial charge < -0.3 is 14.5 Å². The number of ether oxygens (including phenoxy) is 1. The highest BCUT2D eigenvalue weighted by Crippen LogP contribution is 2.18. The van der Waals surface area contributed by atoms with Crippen LogP contribution in [0, 0.1) is 5.92 Å². The molecule has 156 valence electrons. The summed E-state index contributed by atoms with van der Waals surface area (Å²) >= 11 is 0. The van der Waals surface area contributed by atoms with E-state index in [9.17, 15) is 4.79 Å². The standard InChI is InChI=1S/C13H19NO2.C10H17NO/c1-4-14-13(15)9-16-12-7-5-11(6-8-12)10(2)3;1-7(2)5-10-11-6-9(12-10)8(3)4/h5-8,10H,4,9H2,1-3H3,(H,14,15);6-8H,5H2,1-4H3. The van der Waals surface area contributed by atoms with E-state index in [4.69, 9.17) is 9.15 Å². The molecular formula is C23H36N2O3. The molecule has 0 aliphatic heterocycles. The van der Waals surface area contributed by atoms with Crippen LogP contribution in [-0.4, -0.2) is 24.0 Å². The lowest BCUT2D eigenvalue weighted by molar-refractivity contribution is -0.122. The SMILES string of the molecule is CC(C)Cc1ncc(C(C)C)o1.CCNC(=O)COc1ccc(C(C)C)cc1. The Kier molecular flexibility index (Phi) is 10.4. The Bertz CT molecular complexity index is 688. The topological polar surface area (TPSA) is 64.4 Å². The summed E-state index contributed by atoms with van der Waals surface area (Å²) in [5.74, 6) is 4.07. The number of aromatic nitrogens is 1. The molecule has 0 aliphatic carbocycles. The third-order valence-corrected chi connectivity index (χ3v) is 4.01.